The van der Waals surface area contributed by atoms with Gasteiger partial charge in [-0.2, -0.15) is 0 Å². The van der Waals surface area contributed by atoms with Crippen LogP contribution < -0.4 is 20.1 Å². The number of rotatable bonds is 22. The third kappa shape index (κ3) is 14.2. The zero-order valence-corrected chi connectivity index (χ0v) is 31.3. The van der Waals surface area contributed by atoms with E-state index in [0.29, 0.717) is 50.4 Å². The number of hydrogen-bond donors (Lipinski definition) is 4. The number of carboxylic acids is 1. The molecule has 0 unspecified atom stereocenters. The number of methoxy groups -OCH3 is 2. The fraction of sp³-hybridized carbons (Fsp3) is 0.757. The minimum atomic E-state index is -1.07. The highest BCUT2D eigenvalue weighted by molar-refractivity contribution is 5.81. The first-order valence-corrected chi connectivity index (χ1v) is 17.4. The first-order valence-electron chi connectivity index (χ1n) is 17.4. The topological polar surface area (TPSA) is 153 Å². The third-order valence-corrected chi connectivity index (χ3v) is 9.19. The molecular formula is C37H64N2O9. The summed E-state index contributed by atoms with van der Waals surface area (Å²) in [7, 11) is 3.25. The Bertz CT molecular complexity index is 1130. The van der Waals surface area contributed by atoms with Crippen molar-refractivity contribution < 1.29 is 43.5 Å². The van der Waals surface area contributed by atoms with Gasteiger partial charge < -0.3 is 39.8 Å². The standard InChI is InChI=1S/C37H64N2O9/c1-12-37(13-2,34(42)43)23-38-33(41)28(25(5)6)22-30(40)29(39-35(44)48-36(7,8)9)21-27(24(3)4)19-26-15-16-31(46-11)32(20-26)47-18-14-17-45-10/h15-16,20,24-25,27-30,40H,12-14,17-19,21-23H2,1-11H3,(H,38,41)(H,39,44)(H,42,43)/t27-,28-,29-,30-/m0/s1. The second-order valence-electron chi connectivity index (χ2n) is 14.5. The number of hydrogen-bond acceptors (Lipinski definition) is 8. The van der Waals surface area contributed by atoms with Crippen molar-refractivity contribution in [2.45, 2.75) is 119 Å². The van der Waals surface area contributed by atoms with Gasteiger partial charge in [-0.05, 0) is 88.3 Å². The fourth-order valence-corrected chi connectivity index (χ4v) is 5.71. The van der Waals surface area contributed by atoms with Gasteiger partial charge >= 0.3 is 12.1 Å². The quantitative estimate of drug-likeness (QED) is 0.104. The van der Waals surface area contributed by atoms with E-state index in [1.54, 1.807) is 48.8 Å². The Balaban J connectivity index is 3.30. The van der Waals surface area contributed by atoms with Crippen LogP contribution in [0.5, 0.6) is 11.5 Å². The van der Waals surface area contributed by atoms with Crippen LogP contribution in [0.1, 0.15) is 100.0 Å². The van der Waals surface area contributed by atoms with Gasteiger partial charge in [0, 0.05) is 32.6 Å². The molecule has 0 spiro atoms. The van der Waals surface area contributed by atoms with Crippen LogP contribution in [0, 0.1) is 29.1 Å². The predicted molar refractivity (Wildman–Crippen MR) is 187 cm³/mol. The van der Waals surface area contributed by atoms with Crippen molar-refractivity contribution in [1.29, 1.82) is 0 Å². The number of aliphatic hydroxyl groups excluding tert-OH is 1. The maximum atomic E-state index is 13.5. The van der Waals surface area contributed by atoms with E-state index in [1.165, 1.54) is 0 Å². The maximum Gasteiger partial charge on any atom is 0.407 e. The van der Waals surface area contributed by atoms with Gasteiger partial charge in [0.15, 0.2) is 11.5 Å². The van der Waals surface area contributed by atoms with Crippen molar-refractivity contribution in [3.05, 3.63) is 23.8 Å². The van der Waals surface area contributed by atoms with E-state index >= 15 is 0 Å². The van der Waals surface area contributed by atoms with E-state index in [4.69, 9.17) is 18.9 Å². The Hall–Kier alpha value is -3.05. The minimum absolute atomic E-state index is 0.00242. The summed E-state index contributed by atoms with van der Waals surface area (Å²) < 4.78 is 22.2. The smallest absolute Gasteiger partial charge is 0.407 e. The number of aliphatic hydroxyl groups is 1. The van der Waals surface area contributed by atoms with Crippen molar-refractivity contribution in [3.63, 3.8) is 0 Å². The molecule has 0 aliphatic heterocycles. The molecule has 11 heteroatoms. The molecule has 0 aromatic heterocycles. The van der Waals surface area contributed by atoms with Crippen molar-refractivity contribution in [2.24, 2.45) is 29.1 Å². The Morgan fingerprint density at radius 1 is 0.917 bits per heavy atom. The van der Waals surface area contributed by atoms with Gasteiger partial charge in [0.05, 0.1) is 31.3 Å². The molecule has 0 bridgehead atoms. The van der Waals surface area contributed by atoms with Gasteiger partial charge in [0.1, 0.15) is 5.60 Å². The van der Waals surface area contributed by atoms with Crippen LogP contribution >= 0.6 is 0 Å². The van der Waals surface area contributed by atoms with Crippen molar-refractivity contribution in [2.75, 3.05) is 34.0 Å². The zero-order valence-electron chi connectivity index (χ0n) is 31.3. The molecule has 1 aromatic rings. The molecular weight excluding hydrogens is 616 g/mol. The van der Waals surface area contributed by atoms with Crippen molar-refractivity contribution in [3.8, 4) is 11.5 Å². The summed E-state index contributed by atoms with van der Waals surface area (Å²) in [5.41, 5.74) is -0.776. The Morgan fingerprint density at radius 2 is 1.56 bits per heavy atom. The molecule has 0 aliphatic carbocycles. The summed E-state index contributed by atoms with van der Waals surface area (Å²) in [6, 6.07) is 5.13. The molecule has 0 radical (unpaired) electrons. The summed E-state index contributed by atoms with van der Waals surface area (Å²) in [4.78, 5) is 38.5. The van der Waals surface area contributed by atoms with Gasteiger partial charge in [-0.25, -0.2) is 4.79 Å². The van der Waals surface area contributed by atoms with E-state index < -0.39 is 41.1 Å². The lowest BCUT2D eigenvalue weighted by Gasteiger charge is -2.33. The molecule has 4 N–H and O–H groups in total. The normalized spacial score (nSPS) is 14.6. The lowest BCUT2D eigenvalue weighted by Crippen LogP contribution is -2.49. The van der Waals surface area contributed by atoms with E-state index in [9.17, 15) is 24.6 Å². The maximum absolute atomic E-state index is 13.5. The molecule has 0 fully saturated rings. The Morgan fingerprint density at radius 3 is 2.06 bits per heavy atom. The van der Waals surface area contributed by atoms with Crippen LogP contribution in [0.3, 0.4) is 0 Å². The number of alkyl carbamates (subject to hydrolysis) is 1. The largest absolute Gasteiger partial charge is 0.493 e. The highest BCUT2D eigenvalue weighted by Crippen LogP contribution is 2.32. The molecule has 48 heavy (non-hydrogen) atoms. The number of carbonyl (C=O) groups excluding carboxylic acids is 2. The number of amides is 2. The second kappa shape index (κ2) is 20.5. The van der Waals surface area contributed by atoms with E-state index in [1.807, 2.05) is 32.0 Å². The first kappa shape index (κ1) is 43.0. The minimum Gasteiger partial charge on any atom is -0.493 e. The first-order chi connectivity index (χ1) is 22.4. The zero-order chi connectivity index (χ0) is 36.7. The predicted octanol–water partition coefficient (Wildman–Crippen LogP) is 6.24. The summed E-state index contributed by atoms with van der Waals surface area (Å²) in [5, 5.41) is 27.3. The van der Waals surface area contributed by atoms with Crippen LogP contribution in [0.15, 0.2) is 18.2 Å². The SMILES string of the molecule is CCC(CC)(CNC(=O)[C@@H](C[C@H](O)[C@H](C[C@H](Cc1ccc(OC)c(OCCCOC)c1)C(C)C)NC(=O)OC(C)(C)C)C(C)C)C(=O)O. The lowest BCUT2D eigenvalue weighted by atomic mass is 9.80. The molecule has 0 aliphatic rings. The molecule has 4 atom stereocenters. The van der Waals surface area contributed by atoms with E-state index in [2.05, 4.69) is 24.5 Å². The van der Waals surface area contributed by atoms with Crippen LogP contribution in [-0.4, -0.2) is 79.9 Å². The Kier molecular flexibility index (Phi) is 18.3. The van der Waals surface area contributed by atoms with Gasteiger partial charge in [-0.15, -0.1) is 0 Å². The fourth-order valence-electron chi connectivity index (χ4n) is 5.71. The summed E-state index contributed by atoms with van der Waals surface area (Å²) in [6.07, 6.45) is 0.922. The molecule has 0 saturated heterocycles. The summed E-state index contributed by atoms with van der Waals surface area (Å²) >= 11 is 0. The van der Waals surface area contributed by atoms with Crippen LogP contribution in [-0.2, 0) is 25.5 Å². The highest BCUT2D eigenvalue weighted by atomic mass is 16.6. The van der Waals surface area contributed by atoms with Crippen molar-refractivity contribution in [1.82, 2.24) is 10.6 Å². The van der Waals surface area contributed by atoms with Crippen molar-refractivity contribution >= 4 is 18.0 Å². The van der Waals surface area contributed by atoms with Crippen LogP contribution in [0.25, 0.3) is 0 Å². The third-order valence-electron chi connectivity index (χ3n) is 9.19. The van der Waals surface area contributed by atoms with Crippen LogP contribution in [0.2, 0.25) is 0 Å². The Labute approximate surface area is 288 Å². The lowest BCUT2D eigenvalue weighted by molar-refractivity contribution is -0.149. The van der Waals surface area contributed by atoms with Gasteiger partial charge in [-0.1, -0.05) is 47.6 Å². The monoisotopic (exact) mass is 680 g/mol. The number of nitrogens with one attached hydrogen (secondary N) is 2. The molecule has 2 amide bonds. The molecule has 0 heterocycles. The van der Waals surface area contributed by atoms with Gasteiger partial charge in [0.25, 0.3) is 0 Å². The molecule has 276 valence electrons. The average molecular weight is 681 g/mol. The summed E-state index contributed by atoms with van der Waals surface area (Å²) in [5.74, 6) is -0.529. The van der Waals surface area contributed by atoms with Crippen LogP contribution in [0.4, 0.5) is 4.79 Å². The number of aliphatic carboxylic acids is 1. The second-order valence-corrected chi connectivity index (χ2v) is 14.5. The molecule has 1 aromatic carbocycles. The van der Waals surface area contributed by atoms with E-state index in [-0.39, 0.29) is 36.6 Å². The van der Waals surface area contributed by atoms with E-state index in [0.717, 1.165) is 12.0 Å². The number of benzene rings is 1. The number of ether oxygens (including phenoxy) is 4. The highest BCUT2D eigenvalue weighted by Gasteiger charge is 2.37. The van der Waals surface area contributed by atoms with Gasteiger partial charge in [0.2, 0.25) is 5.91 Å². The molecule has 11 nitrogen and oxygen atoms in total. The number of carboxylic acid groups (broad SMARTS) is 1. The van der Waals surface area contributed by atoms with Gasteiger partial charge in [-0.3, -0.25) is 9.59 Å². The number of carbonyl (C=O) groups is 3. The molecule has 0 saturated carbocycles. The molecule has 1 rings (SSSR count). The average Bonchev–Trinajstić information content (AvgIpc) is 3.00. The summed E-state index contributed by atoms with van der Waals surface area (Å²) in [6.45, 7) is 18.0.